The molecule has 0 atom stereocenters. The number of nitrogens with one attached hydrogen (secondary N) is 1. The van der Waals surface area contributed by atoms with Gasteiger partial charge in [-0.25, -0.2) is 0 Å². The fourth-order valence-electron chi connectivity index (χ4n) is 1.77. The molecule has 0 aliphatic carbocycles. The smallest absolute Gasteiger partial charge is 0.351 e. The Morgan fingerprint density at radius 2 is 1.83 bits per heavy atom. The molecule has 0 unspecified atom stereocenters. The van der Waals surface area contributed by atoms with Crippen molar-refractivity contribution in [1.82, 2.24) is 5.32 Å². The minimum atomic E-state index is -4.38. The lowest BCUT2D eigenvalue weighted by molar-refractivity contribution is -0.137. The fraction of sp³-hybridized carbons (Fsp3) is 0.188. The lowest BCUT2D eigenvalue weighted by Crippen LogP contribution is -2.24. The Bertz CT molecular complexity index is 674. The van der Waals surface area contributed by atoms with Crippen molar-refractivity contribution < 1.29 is 18.0 Å². The molecule has 0 heterocycles. The van der Waals surface area contributed by atoms with Gasteiger partial charge in [0.05, 0.1) is 11.3 Å². The second-order valence-corrected chi connectivity index (χ2v) is 6.20. The summed E-state index contributed by atoms with van der Waals surface area (Å²) < 4.78 is 37.8. The molecule has 2 nitrogen and oxygen atoms in total. The van der Waals surface area contributed by atoms with Crippen LogP contribution < -0.4 is 5.32 Å². The number of hydrogen-bond donors (Lipinski definition) is 1. The highest BCUT2D eigenvalue weighted by Gasteiger charge is 2.30. The molecule has 0 saturated heterocycles. The van der Waals surface area contributed by atoms with Crippen LogP contribution in [0.3, 0.4) is 0 Å². The third-order valence-corrected chi connectivity index (χ3v) is 4.18. The molecule has 0 spiro atoms. The van der Waals surface area contributed by atoms with Gasteiger partial charge >= 0.3 is 6.18 Å². The van der Waals surface area contributed by atoms with Crippen LogP contribution in [0.15, 0.2) is 53.4 Å². The lowest BCUT2D eigenvalue weighted by atomic mass is 10.2. The Balaban J connectivity index is 1.83. The van der Waals surface area contributed by atoms with E-state index >= 15 is 0 Å². The van der Waals surface area contributed by atoms with Crippen LogP contribution in [0, 0.1) is 0 Å². The number of rotatable bonds is 5. The van der Waals surface area contributed by atoms with Gasteiger partial charge in [0.1, 0.15) is 0 Å². The van der Waals surface area contributed by atoms with Crippen molar-refractivity contribution in [2.75, 3.05) is 5.75 Å². The van der Waals surface area contributed by atoms with E-state index in [-0.39, 0.29) is 11.7 Å². The highest BCUT2D eigenvalue weighted by atomic mass is 35.5. The second kappa shape index (κ2) is 7.75. The van der Waals surface area contributed by atoms with E-state index < -0.39 is 11.7 Å². The summed E-state index contributed by atoms with van der Waals surface area (Å²) in [6.45, 7) is 0.346. The minimum Gasteiger partial charge on any atom is -0.351 e. The summed E-state index contributed by atoms with van der Waals surface area (Å²) in [6, 6.07) is 12.0. The summed E-state index contributed by atoms with van der Waals surface area (Å²) in [5.41, 5.74) is 0.177. The van der Waals surface area contributed by atoms with Crippen LogP contribution in [0.25, 0.3) is 0 Å². The van der Waals surface area contributed by atoms with Crippen molar-refractivity contribution in [3.8, 4) is 0 Å². The van der Waals surface area contributed by atoms with Crippen LogP contribution in [0.1, 0.15) is 11.1 Å². The highest BCUT2D eigenvalue weighted by Crippen LogP contribution is 2.31. The zero-order valence-corrected chi connectivity index (χ0v) is 13.4. The zero-order chi connectivity index (χ0) is 16.9. The van der Waals surface area contributed by atoms with Crippen molar-refractivity contribution in [2.24, 2.45) is 0 Å². The average molecular weight is 360 g/mol. The summed E-state index contributed by atoms with van der Waals surface area (Å²) >= 11 is 6.83. The van der Waals surface area contributed by atoms with E-state index in [1.165, 1.54) is 6.07 Å². The first-order chi connectivity index (χ1) is 10.8. The normalized spacial score (nSPS) is 11.3. The summed E-state index contributed by atoms with van der Waals surface area (Å²) in [5.74, 6) is -0.197. The Morgan fingerprint density at radius 3 is 2.48 bits per heavy atom. The monoisotopic (exact) mass is 359 g/mol. The number of hydrogen-bond acceptors (Lipinski definition) is 2. The number of carbonyl (C=O) groups excluding carboxylic acids is 1. The number of halogens is 4. The minimum absolute atomic E-state index is 0.0505. The first-order valence-corrected chi connectivity index (χ1v) is 8.02. The number of thioether (sulfide) groups is 1. The molecule has 1 amide bonds. The van der Waals surface area contributed by atoms with Gasteiger partial charge in [0.15, 0.2) is 0 Å². The van der Waals surface area contributed by atoms with Gasteiger partial charge in [0.25, 0.3) is 0 Å². The predicted octanol–water partition coefficient (Wildman–Crippen LogP) is 4.77. The Labute approximate surface area is 141 Å². The van der Waals surface area contributed by atoms with Crippen molar-refractivity contribution in [2.45, 2.75) is 17.6 Å². The van der Waals surface area contributed by atoms with Crippen LogP contribution in [0.5, 0.6) is 0 Å². The molecule has 2 aromatic carbocycles. The number of alkyl halides is 3. The number of carbonyl (C=O) groups is 1. The Hall–Kier alpha value is -1.66. The average Bonchev–Trinajstić information content (AvgIpc) is 2.52. The quantitative estimate of drug-likeness (QED) is 0.779. The zero-order valence-electron chi connectivity index (χ0n) is 11.9. The summed E-state index contributed by atoms with van der Waals surface area (Å²) in [6.07, 6.45) is -4.38. The number of benzene rings is 2. The van der Waals surface area contributed by atoms with E-state index in [2.05, 4.69) is 5.32 Å². The van der Waals surface area contributed by atoms with Crippen LogP contribution in [-0.4, -0.2) is 11.7 Å². The van der Waals surface area contributed by atoms with E-state index in [0.29, 0.717) is 16.5 Å². The van der Waals surface area contributed by atoms with Gasteiger partial charge in [-0.05, 0) is 35.9 Å². The van der Waals surface area contributed by atoms with Crippen LogP contribution in [0.2, 0.25) is 5.02 Å². The molecule has 7 heteroatoms. The van der Waals surface area contributed by atoms with Crippen molar-refractivity contribution >= 4 is 29.3 Å². The molecular formula is C16H13ClF3NOS. The number of amides is 1. The summed E-state index contributed by atoms with van der Waals surface area (Å²) in [4.78, 5) is 12.2. The van der Waals surface area contributed by atoms with Crippen LogP contribution >= 0.6 is 23.4 Å². The van der Waals surface area contributed by atoms with Crippen molar-refractivity contribution in [1.29, 1.82) is 0 Å². The molecule has 0 fully saturated rings. The molecule has 0 saturated carbocycles. The van der Waals surface area contributed by atoms with Gasteiger partial charge in [-0.15, -0.1) is 11.8 Å². The molecule has 0 aliphatic rings. The molecule has 2 rings (SSSR count). The van der Waals surface area contributed by atoms with E-state index in [9.17, 15) is 18.0 Å². The standard InChI is InChI=1S/C16H13ClF3NOS/c17-13-6-4-11(5-7-13)9-21-15(22)10-23-14-3-1-2-12(8-14)16(18,19)20/h1-8H,9-10H2,(H,21,22). The van der Waals surface area contributed by atoms with Gasteiger partial charge in [-0.1, -0.05) is 29.8 Å². The third kappa shape index (κ3) is 5.80. The maximum Gasteiger partial charge on any atom is 0.416 e. The van der Waals surface area contributed by atoms with Gasteiger partial charge in [0.2, 0.25) is 5.91 Å². The largest absolute Gasteiger partial charge is 0.416 e. The molecule has 0 aromatic heterocycles. The fourth-order valence-corrected chi connectivity index (χ4v) is 2.68. The van der Waals surface area contributed by atoms with E-state index in [4.69, 9.17) is 11.6 Å². The van der Waals surface area contributed by atoms with Crippen LogP contribution in [0.4, 0.5) is 13.2 Å². The predicted molar refractivity (Wildman–Crippen MR) is 85.5 cm³/mol. The van der Waals surface area contributed by atoms with Gasteiger partial charge in [-0.2, -0.15) is 13.2 Å². The Kier molecular flexibility index (Phi) is 5.96. The van der Waals surface area contributed by atoms with E-state index in [1.54, 1.807) is 30.3 Å². The maximum atomic E-state index is 12.6. The molecular weight excluding hydrogens is 347 g/mol. The first kappa shape index (κ1) is 17.7. The molecule has 0 aliphatic heterocycles. The van der Waals surface area contributed by atoms with Crippen molar-refractivity contribution in [3.05, 3.63) is 64.7 Å². The summed E-state index contributed by atoms with van der Waals surface area (Å²) in [5, 5.41) is 3.32. The highest BCUT2D eigenvalue weighted by molar-refractivity contribution is 8.00. The Morgan fingerprint density at radius 1 is 1.13 bits per heavy atom. The molecule has 23 heavy (non-hydrogen) atoms. The van der Waals surface area contributed by atoms with Gasteiger partial charge in [0, 0.05) is 16.5 Å². The molecule has 0 radical (unpaired) electrons. The SMILES string of the molecule is O=C(CSc1cccc(C(F)(F)F)c1)NCc1ccc(Cl)cc1. The lowest BCUT2D eigenvalue weighted by Gasteiger charge is -2.09. The van der Waals surface area contributed by atoms with E-state index in [0.717, 1.165) is 29.5 Å². The second-order valence-electron chi connectivity index (χ2n) is 4.72. The molecule has 2 aromatic rings. The van der Waals surface area contributed by atoms with Gasteiger partial charge in [-0.3, -0.25) is 4.79 Å². The molecule has 1 N–H and O–H groups in total. The first-order valence-electron chi connectivity index (χ1n) is 6.66. The van der Waals surface area contributed by atoms with E-state index in [1.807, 2.05) is 0 Å². The topological polar surface area (TPSA) is 29.1 Å². The third-order valence-electron chi connectivity index (χ3n) is 2.93. The summed E-state index contributed by atoms with van der Waals surface area (Å²) in [7, 11) is 0. The maximum absolute atomic E-state index is 12.6. The molecule has 0 bridgehead atoms. The molecule has 122 valence electrons. The van der Waals surface area contributed by atoms with Gasteiger partial charge < -0.3 is 5.32 Å². The van der Waals surface area contributed by atoms with Crippen molar-refractivity contribution in [3.63, 3.8) is 0 Å². The van der Waals surface area contributed by atoms with Crippen LogP contribution in [-0.2, 0) is 17.5 Å².